The van der Waals surface area contributed by atoms with Crippen molar-refractivity contribution in [2.75, 3.05) is 7.11 Å². The van der Waals surface area contributed by atoms with Gasteiger partial charge in [0.15, 0.2) is 6.10 Å². The highest BCUT2D eigenvalue weighted by Crippen LogP contribution is 2.63. The molecule has 3 unspecified atom stereocenters. The first-order valence-electron chi connectivity index (χ1n) is 8.92. The first-order valence-corrected chi connectivity index (χ1v) is 8.92. The summed E-state index contributed by atoms with van der Waals surface area (Å²) in [5.74, 6) is 1.25. The van der Waals surface area contributed by atoms with Gasteiger partial charge in [-0.25, -0.2) is 0 Å². The lowest BCUT2D eigenvalue weighted by Crippen LogP contribution is -2.40. The fourth-order valence-corrected chi connectivity index (χ4v) is 3.95. The zero-order chi connectivity index (χ0) is 18.4. The minimum atomic E-state index is -1.08. The SMILES string of the molecule is COc1ccccc1C1OC12C(=O)c1ccccc1OC2c1ccccc1. The molecule has 1 fully saturated rings. The molecular formula is C23H18O4. The molecule has 2 aliphatic rings. The maximum absolute atomic E-state index is 13.5. The molecule has 3 aromatic carbocycles. The quantitative estimate of drug-likeness (QED) is 0.646. The molecule has 0 aromatic heterocycles. The Morgan fingerprint density at radius 3 is 2.37 bits per heavy atom. The minimum Gasteiger partial charge on any atom is -0.496 e. The van der Waals surface area contributed by atoms with Crippen molar-refractivity contribution >= 4 is 5.78 Å². The summed E-state index contributed by atoms with van der Waals surface area (Å²) in [6, 6.07) is 24.7. The molecule has 2 heterocycles. The van der Waals surface area contributed by atoms with Gasteiger partial charge in [0.1, 0.15) is 17.6 Å². The van der Waals surface area contributed by atoms with E-state index < -0.39 is 17.8 Å². The number of methoxy groups -OCH3 is 1. The second-order valence-electron chi connectivity index (χ2n) is 6.77. The van der Waals surface area contributed by atoms with Crippen molar-refractivity contribution in [2.24, 2.45) is 0 Å². The summed E-state index contributed by atoms with van der Waals surface area (Å²) >= 11 is 0. The lowest BCUT2D eigenvalue weighted by Gasteiger charge is -2.31. The van der Waals surface area contributed by atoms with Crippen LogP contribution in [0.4, 0.5) is 0 Å². The van der Waals surface area contributed by atoms with Gasteiger partial charge in [0, 0.05) is 5.56 Å². The number of ketones is 1. The monoisotopic (exact) mass is 358 g/mol. The maximum Gasteiger partial charge on any atom is 0.205 e. The second-order valence-corrected chi connectivity index (χ2v) is 6.77. The van der Waals surface area contributed by atoms with Crippen LogP contribution in [0, 0.1) is 0 Å². The molecule has 0 N–H and O–H groups in total. The fraction of sp³-hybridized carbons (Fsp3) is 0.174. The largest absolute Gasteiger partial charge is 0.496 e. The number of hydrogen-bond acceptors (Lipinski definition) is 4. The molecule has 5 rings (SSSR count). The Morgan fingerprint density at radius 2 is 1.56 bits per heavy atom. The Balaban J connectivity index is 1.66. The van der Waals surface area contributed by atoms with E-state index in [-0.39, 0.29) is 5.78 Å². The van der Waals surface area contributed by atoms with Gasteiger partial charge in [-0.2, -0.15) is 0 Å². The first kappa shape index (κ1) is 16.1. The van der Waals surface area contributed by atoms with Crippen molar-refractivity contribution in [1.82, 2.24) is 0 Å². The first-order chi connectivity index (χ1) is 13.3. The van der Waals surface area contributed by atoms with Crippen LogP contribution in [-0.4, -0.2) is 18.5 Å². The predicted octanol–water partition coefficient (Wildman–Crippen LogP) is 4.52. The number of benzene rings is 3. The average molecular weight is 358 g/mol. The topological polar surface area (TPSA) is 48.1 Å². The van der Waals surface area contributed by atoms with Gasteiger partial charge in [0.25, 0.3) is 0 Å². The van der Waals surface area contributed by atoms with Crippen LogP contribution in [0.2, 0.25) is 0 Å². The summed E-state index contributed by atoms with van der Waals surface area (Å²) in [6.07, 6.45) is -0.935. The van der Waals surface area contributed by atoms with E-state index in [4.69, 9.17) is 14.2 Å². The molecular weight excluding hydrogens is 340 g/mol. The van der Waals surface area contributed by atoms with Crippen molar-refractivity contribution in [3.63, 3.8) is 0 Å². The van der Waals surface area contributed by atoms with Gasteiger partial charge in [-0.1, -0.05) is 60.7 Å². The van der Waals surface area contributed by atoms with Crippen LogP contribution in [0.5, 0.6) is 11.5 Å². The van der Waals surface area contributed by atoms with Gasteiger partial charge in [-0.05, 0) is 23.8 Å². The number of Topliss-reactive ketones (excluding diaryl/α,β-unsaturated/α-hetero) is 1. The molecule has 3 aromatic rings. The van der Waals surface area contributed by atoms with Crippen LogP contribution in [0.15, 0.2) is 78.9 Å². The van der Waals surface area contributed by atoms with Crippen LogP contribution in [0.1, 0.15) is 33.7 Å². The number of epoxide rings is 1. The van der Waals surface area contributed by atoms with E-state index in [1.165, 1.54) is 0 Å². The summed E-state index contributed by atoms with van der Waals surface area (Å²) in [6.45, 7) is 0. The number of carbonyl (C=O) groups excluding carboxylic acids is 1. The van der Waals surface area contributed by atoms with E-state index in [9.17, 15) is 4.79 Å². The third-order valence-electron chi connectivity index (χ3n) is 5.29. The Kier molecular flexibility index (Phi) is 3.55. The van der Waals surface area contributed by atoms with Crippen molar-refractivity contribution < 1.29 is 19.0 Å². The van der Waals surface area contributed by atoms with Gasteiger partial charge in [-0.15, -0.1) is 0 Å². The van der Waals surface area contributed by atoms with Crippen LogP contribution < -0.4 is 9.47 Å². The molecule has 4 heteroatoms. The van der Waals surface area contributed by atoms with E-state index in [0.717, 1.165) is 11.1 Å². The van der Waals surface area contributed by atoms with Crippen molar-refractivity contribution in [3.8, 4) is 11.5 Å². The molecule has 4 nitrogen and oxygen atoms in total. The third kappa shape index (κ3) is 2.30. The fourth-order valence-electron chi connectivity index (χ4n) is 3.95. The summed E-state index contributed by atoms with van der Waals surface area (Å²) in [7, 11) is 1.62. The molecule has 134 valence electrons. The van der Waals surface area contributed by atoms with Crippen LogP contribution in [0.25, 0.3) is 0 Å². The number of hydrogen-bond donors (Lipinski definition) is 0. The van der Waals surface area contributed by atoms with Gasteiger partial charge in [0.2, 0.25) is 11.4 Å². The average Bonchev–Trinajstić information content (AvgIpc) is 3.47. The van der Waals surface area contributed by atoms with Crippen LogP contribution in [-0.2, 0) is 4.74 Å². The zero-order valence-corrected chi connectivity index (χ0v) is 14.8. The molecule has 0 aliphatic carbocycles. The molecule has 2 aliphatic heterocycles. The molecule has 3 atom stereocenters. The van der Waals surface area contributed by atoms with Gasteiger partial charge in [-0.3, -0.25) is 4.79 Å². The van der Waals surface area contributed by atoms with E-state index in [1.54, 1.807) is 13.2 Å². The molecule has 0 bridgehead atoms. The lowest BCUT2D eigenvalue weighted by molar-refractivity contribution is 0.0523. The van der Waals surface area contributed by atoms with Gasteiger partial charge < -0.3 is 14.2 Å². The molecule has 1 spiro atoms. The van der Waals surface area contributed by atoms with Gasteiger partial charge >= 0.3 is 0 Å². The molecule has 0 radical (unpaired) electrons. The van der Waals surface area contributed by atoms with Crippen LogP contribution >= 0.6 is 0 Å². The van der Waals surface area contributed by atoms with Crippen molar-refractivity contribution in [3.05, 3.63) is 95.6 Å². The molecule has 0 saturated carbocycles. The highest BCUT2D eigenvalue weighted by atomic mass is 16.6. The Morgan fingerprint density at radius 1 is 0.852 bits per heavy atom. The summed E-state index contributed by atoms with van der Waals surface area (Å²) in [4.78, 5) is 13.5. The number of ether oxygens (including phenoxy) is 3. The summed E-state index contributed by atoms with van der Waals surface area (Å²) < 4.78 is 18.0. The van der Waals surface area contributed by atoms with Crippen LogP contribution in [0.3, 0.4) is 0 Å². The Hall–Kier alpha value is -3.11. The zero-order valence-electron chi connectivity index (χ0n) is 14.8. The minimum absolute atomic E-state index is 0.0471. The number of carbonyl (C=O) groups is 1. The van der Waals surface area contributed by atoms with Gasteiger partial charge in [0.05, 0.1) is 12.7 Å². The third-order valence-corrected chi connectivity index (χ3v) is 5.29. The highest BCUT2D eigenvalue weighted by Gasteiger charge is 2.71. The number of fused-ring (bicyclic) bond motifs is 1. The summed E-state index contributed by atoms with van der Waals surface area (Å²) in [5.41, 5.74) is 1.25. The predicted molar refractivity (Wildman–Crippen MR) is 100 cm³/mol. The van der Waals surface area contributed by atoms with E-state index in [2.05, 4.69) is 0 Å². The smallest absolute Gasteiger partial charge is 0.205 e. The Bertz CT molecular complexity index is 1010. The van der Waals surface area contributed by atoms with E-state index >= 15 is 0 Å². The number of para-hydroxylation sites is 2. The summed E-state index contributed by atoms with van der Waals surface area (Å²) in [5, 5.41) is 0. The molecule has 27 heavy (non-hydrogen) atoms. The lowest BCUT2D eigenvalue weighted by atomic mass is 9.81. The van der Waals surface area contributed by atoms with Crippen molar-refractivity contribution in [1.29, 1.82) is 0 Å². The molecule has 1 saturated heterocycles. The van der Waals surface area contributed by atoms with Crippen molar-refractivity contribution in [2.45, 2.75) is 17.8 Å². The standard InChI is InChI=1S/C23H18O4/c1-25-18-13-7-6-12-17(18)22-23(27-22)20(24)16-11-5-8-14-19(16)26-21(23)15-9-3-2-4-10-15/h2-14,21-22H,1H3. The van der Waals surface area contributed by atoms with E-state index in [1.807, 2.05) is 72.8 Å². The normalized spacial score (nSPS) is 25.6. The second kappa shape index (κ2) is 5.96. The highest BCUT2D eigenvalue weighted by molar-refractivity contribution is 6.08. The maximum atomic E-state index is 13.5. The van der Waals surface area contributed by atoms with E-state index in [0.29, 0.717) is 17.1 Å². The Labute approximate surface area is 157 Å². The number of rotatable bonds is 3. The molecule has 0 amide bonds.